The minimum absolute atomic E-state index is 0.172. The Hall–Kier alpha value is -0.480. The number of hydrogen-bond acceptors (Lipinski definition) is 2. The van der Waals surface area contributed by atoms with Crippen LogP contribution in [0, 0.1) is 29.6 Å². The van der Waals surface area contributed by atoms with E-state index < -0.39 is 6.08 Å². The zero-order chi connectivity index (χ0) is 16.9. The normalized spacial score (nSPS) is 41.0. The third kappa shape index (κ3) is 4.78. The Morgan fingerprint density at radius 1 is 0.833 bits per heavy atom. The molecule has 0 aromatic carbocycles. The molecule has 2 aliphatic carbocycles. The molecule has 4 heteroatoms. The second kappa shape index (κ2) is 8.75. The third-order valence-electron chi connectivity index (χ3n) is 6.65. The van der Waals surface area contributed by atoms with Crippen molar-refractivity contribution in [1.29, 1.82) is 0 Å². The molecular formula is C20H32F2O2. The van der Waals surface area contributed by atoms with Crippen LogP contribution in [0.4, 0.5) is 8.78 Å². The van der Waals surface area contributed by atoms with E-state index in [2.05, 4.69) is 6.92 Å². The van der Waals surface area contributed by atoms with Gasteiger partial charge in [0.05, 0.1) is 13.2 Å². The molecule has 1 heterocycles. The van der Waals surface area contributed by atoms with E-state index in [9.17, 15) is 8.78 Å². The van der Waals surface area contributed by atoms with E-state index in [-0.39, 0.29) is 12.2 Å². The second-order valence-electron chi connectivity index (χ2n) is 8.12. The highest BCUT2D eigenvalue weighted by Gasteiger charge is 2.35. The van der Waals surface area contributed by atoms with Crippen LogP contribution in [0.15, 0.2) is 12.2 Å². The first-order valence-electron chi connectivity index (χ1n) is 9.91. The molecule has 0 spiro atoms. The summed E-state index contributed by atoms with van der Waals surface area (Å²) in [6.45, 7) is 3.05. The number of rotatable bonds is 4. The van der Waals surface area contributed by atoms with Crippen LogP contribution in [0.25, 0.3) is 0 Å². The van der Waals surface area contributed by atoms with E-state index in [1.165, 1.54) is 57.8 Å². The van der Waals surface area contributed by atoms with E-state index in [1.54, 1.807) is 0 Å². The highest BCUT2D eigenvalue weighted by molar-refractivity contribution is 4.90. The first-order valence-corrected chi connectivity index (χ1v) is 9.91. The molecular weight excluding hydrogens is 310 g/mol. The van der Waals surface area contributed by atoms with Crippen molar-refractivity contribution < 1.29 is 18.3 Å². The van der Waals surface area contributed by atoms with Crippen LogP contribution < -0.4 is 0 Å². The van der Waals surface area contributed by atoms with Gasteiger partial charge in [-0.3, -0.25) is 0 Å². The summed E-state index contributed by atoms with van der Waals surface area (Å²) in [5.41, 5.74) is 0. The lowest BCUT2D eigenvalue weighted by Gasteiger charge is -2.40. The molecule has 0 atom stereocenters. The quantitative estimate of drug-likeness (QED) is 0.645. The standard InChI is InChI=1S/C20H32F2O2/c1-2-14-3-5-16(6-4-14)17-7-9-18(10-8-17)20-23-12-15(13-24-20)11-19(21)22/h11,14-18,20H,2-10,12-13H2,1H3. The Kier molecular flexibility index (Phi) is 6.68. The average molecular weight is 342 g/mol. The maximum Gasteiger partial charge on any atom is 0.266 e. The van der Waals surface area contributed by atoms with Crippen LogP contribution in [0.1, 0.15) is 64.7 Å². The van der Waals surface area contributed by atoms with Crippen LogP contribution in [0.5, 0.6) is 0 Å². The van der Waals surface area contributed by atoms with Gasteiger partial charge in [0.2, 0.25) is 0 Å². The van der Waals surface area contributed by atoms with Crippen LogP contribution in [-0.2, 0) is 9.47 Å². The summed E-state index contributed by atoms with van der Waals surface area (Å²) in [4.78, 5) is 0. The van der Waals surface area contributed by atoms with Crippen molar-refractivity contribution in [1.82, 2.24) is 0 Å². The number of hydrogen-bond donors (Lipinski definition) is 0. The molecule has 0 bridgehead atoms. The summed E-state index contributed by atoms with van der Waals surface area (Å²) < 4.78 is 36.1. The molecule has 1 aliphatic heterocycles. The van der Waals surface area contributed by atoms with Gasteiger partial charge in [-0.25, -0.2) is 0 Å². The second-order valence-corrected chi connectivity index (χ2v) is 8.12. The molecule has 2 nitrogen and oxygen atoms in total. The summed E-state index contributed by atoms with van der Waals surface area (Å²) in [6.07, 6.45) is 11.1. The summed E-state index contributed by atoms with van der Waals surface area (Å²) in [5.74, 6) is 2.95. The number of halogens is 2. The number of ether oxygens (including phenoxy) is 2. The first kappa shape index (κ1) is 18.3. The lowest BCUT2D eigenvalue weighted by Crippen LogP contribution is -2.38. The Morgan fingerprint density at radius 3 is 1.83 bits per heavy atom. The lowest BCUT2D eigenvalue weighted by atomic mass is 9.69. The highest BCUT2D eigenvalue weighted by Crippen LogP contribution is 2.43. The van der Waals surface area contributed by atoms with Gasteiger partial charge in [-0.05, 0) is 62.4 Å². The summed E-state index contributed by atoms with van der Waals surface area (Å²) >= 11 is 0. The molecule has 1 saturated heterocycles. The van der Waals surface area contributed by atoms with E-state index in [4.69, 9.17) is 9.47 Å². The minimum atomic E-state index is -1.64. The molecule has 138 valence electrons. The van der Waals surface area contributed by atoms with Gasteiger partial charge in [0.15, 0.2) is 6.29 Å². The topological polar surface area (TPSA) is 18.5 Å². The Bertz CT molecular complexity index is 398. The predicted molar refractivity (Wildman–Crippen MR) is 90.7 cm³/mol. The molecule has 24 heavy (non-hydrogen) atoms. The predicted octanol–water partition coefficient (Wildman–Crippen LogP) is 5.78. The van der Waals surface area contributed by atoms with E-state index >= 15 is 0 Å². The van der Waals surface area contributed by atoms with Crippen molar-refractivity contribution in [3.63, 3.8) is 0 Å². The van der Waals surface area contributed by atoms with Crippen LogP contribution in [-0.4, -0.2) is 19.5 Å². The molecule has 3 aliphatic rings. The molecule has 0 aromatic rings. The van der Waals surface area contributed by atoms with Crippen molar-refractivity contribution in [3.05, 3.63) is 12.2 Å². The van der Waals surface area contributed by atoms with Gasteiger partial charge >= 0.3 is 0 Å². The van der Waals surface area contributed by atoms with Crippen molar-refractivity contribution in [2.45, 2.75) is 71.0 Å². The Morgan fingerprint density at radius 2 is 1.33 bits per heavy atom. The smallest absolute Gasteiger partial charge is 0.266 e. The van der Waals surface area contributed by atoms with Crippen LogP contribution >= 0.6 is 0 Å². The largest absolute Gasteiger partial charge is 0.352 e. The van der Waals surface area contributed by atoms with E-state index in [1.807, 2.05) is 0 Å². The maximum absolute atomic E-state index is 12.3. The van der Waals surface area contributed by atoms with Gasteiger partial charge in [-0.15, -0.1) is 0 Å². The van der Waals surface area contributed by atoms with Gasteiger partial charge in [0.1, 0.15) is 0 Å². The van der Waals surface area contributed by atoms with Gasteiger partial charge in [-0.2, -0.15) is 8.78 Å². The molecule has 0 N–H and O–H groups in total. The van der Waals surface area contributed by atoms with Crippen molar-refractivity contribution in [2.75, 3.05) is 13.2 Å². The Balaban J connectivity index is 1.39. The third-order valence-corrected chi connectivity index (χ3v) is 6.65. The summed E-state index contributed by atoms with van der Waals surface area (Å²) in [7, 11) is 0. The van der Waals surface area contributed by atoms with Crippen molar-refractivity contribution in [3.8, 4) is 0 Å². The highest BCUT2D eigenvalue weighted by atomic mass is 19.3. The van der Waals surface area contributed by atoms with Crippen molar-refractivity contribution >= 4 is 0 Å². The molecule has 0 amide bonds. The van der Waals surface area contributed by atoms with Gasteiger partial charge in [-0.1, -0.05) is 26.2 Å². The van der Waals surface area contributed by atoms with Gasteiger partial charge in [0.25, 0.3) is 6.08 Å². The molecule has 3 rings (SSSR count). The fourth-order valence-electron chi connectivity index (χ4n) is 5.04. The molecule has 0 radical (unpaired) electrons. The zero-order valence-corrected chi connectivity index (χ0v) is 14.9. The summed E-state index contributed by atoms with van der Waals surface area (Å²) in [5, 5.41) is 0. The SMILES string of the molecule is CCC1CCC(C2CCC(C3OCC(C=C(F)F)CO3)CC2)CC1. The first-order chi connectivity index (χ1) is 11.7. The van der Waals surface area contributed by atoms with Crippen LogP contribution in [0.3, 0.4) is 0 Å². The van der Waals surface area contributed by atoms with E-state index in [0.29, 0.717) is 19.1 Å². The molecule has 2 saturated carbocycles. The van der Waals surface area contributed by atoms with Crippen LogP contribution in [0.2, 0.25) is 0 Å². The lowest BCUT2D eigenvalue weighted by molar-refractivity contribution is -0.223. The van der Waals surface area contributed by atoms with Gasteiger partial charge < -0.3 is 9.47 Å². The molecule has 3 fully saturated rings. The summed E-state index contributed by atoms with van der Waals surface area (Å²) in [6, 6.07) is 0. The fourth-order valence-corrected chi connectivity index (χ4v) is 5.04. The average Bonchev–Trinajstić information content (AvgIpc) is 2.62. The van der Waals surface area contributed by atoms with E-state index in [0.717, 1.165) is 23.8 Å². The Labute approximate surface area is 145 Å². The fraction of sp³-hybridized carbons (Fsp3) is 0.900. The van der Waals surface area contributed by atoms with Crippen molar-refractivity contribution in [2.24, 2.45) is 29.6 Å². The maximum atomic E-state index is 12.3. The molecule has 0 unspecified atom stereocenters. The minimum Gasteiger partial charge on any atom is -0.352 e. The van der Waals surface area contributed by atoms with Gasteiger partial charge in [0, 0.05) is 11.8 Å². The molecule has 0 aromatic heterocycles. The monoisotopic (exact) mass is 342 g/mol. The zero-order valence-electron chi connectivity index (χ0n) is 14.9.